The molecule has 6 rings (SSSR count). The highest BCUT2D eigenvalue weighted by atomic mass is 16.5. The SMILES string of the molecule is C=C(C=O)[C@@H]1CC[C@]2(C)CC[C@]3(C)[C@H](CC[C@@H]4[C@@]5(C)CC[C@H](OC(=O)/C=C/c6ccccc6)C(C)(C)[C@@H]5CC[C@]43C)[C@@H]12. The van der Waals surface area contributed by atoms with Gasteiger partial charge in [-0.25, -0.2) is 4.79 Å². The van der Waals surface area contributed by atoms with Gasteiger partial charge in [-0.1, -0.05) is 78.5 Å². The van der Waals surface area contributed by atoms with Gasteiger partial charge in [0.2, 0.25) is 0 Å². The summed E-state index contributed by atoms with van der Waals surface area (Å²) in [4.78, 5) is 24.9. The molecule has 0 unspecified atom stereocenters. The van der Waals surface area contributed by atoms with Crippen molar-refractivity contribution in [2.24, 2.45) is 56.7 Å². The van der Waals surface area contributed by atoms with Crippen LogP contribution in [0.3, 0.4) is 0 Å². The van der Waals surface area contributed by atoms with Crippen LogP contribution in [0.25, 0.3) is 6.08 Å². The number of allylic oxidation sites excluding steroid dienone is 1. The fourth-order valence-corrected chi connectivity index (χ4v) is 12.5. The molecule has 0 N–H and O–H groups in total. The van der Waals surface area contributed by atoms with Gasteiger partial charge in [-0.3, -0.25) is 4.79 Å². The third-order valence-corrected chi connectivity index (χ3v) is 14.9. The predicted octanol–water partition coefficient (Wildman–Crippen LogP) is 9.47. The first-order valence-electron chi connectivity index (χ1n) is 16.9. The molecule has 0 bridgehead atoms. The number of ether oxygens (including phenoxy) is 1. The molecule has 0 spiro atoms. The monoisotopic (exact) mass is 570 g/mol. The van der Waals surface area contributed by atoms with Crippen LogP contribution in [0.1, 0.15) is 111 Å². The summed E-state index contributed by atoms with van der Waals surface area (Å²) in [6.45, 7) is 19.5. The molecule has 0 aliphatic heterocycles. The fourth-order valence-electron chi connectivity index (χ4n) is 12.5. The first kappa shape index (κ1) is 29.9. The Morgan fingerprint density at radius 3 is 2.29 bits per heavy atom. The second-order valence-corrected chi connectivity index (χ2v) is 16.7. The highest BCUT2D eigenvalue weighted by Gasteiger charge is 2.70. The van der Waals surface area contributed by atoms with E-state index in [1.54, 1.807) is 6.08 Å². The van der Waals surface area contributed by atoms with Crippen molar-refractivity contribution < 1.29 is 14.3 Å². The highest BCUT2D eigenvalue weighted by molar-refractivity contribution is 5.87. The van der Waals surface area contributed by atoms with Crippen LogP contribution in [0.2, 0.25) is 0 Å². The van der Waals surface area contributed by atoms with Crippen molar-refractivity contribution in [1.82, 2.24) is 0 Å². The molecule has 10 atom stereocenters. The fraction of sp³-hybridized carbons (Fsp3) is 0.692. The van der Waals surface area contributed by atoms with Gasteiger partial charge >= 0.3 is 5.97 Å². The molecule has 42 heavy (non-hydrogen) atoms. The molecule has 0 radical (unpaired) electrons. The summed E-state index contributed by atoms with van der Waals surface area (Å²) in [7, 11) is 0. The van der Waals surface area contributed by atoms with Gasteiger partial charge < -0.3 is 4.74 Å². The summed E-state index contributed by atoms with van der Waals surface area (Å²) in [6, 6.07) is 9.97. The van der Waals surface area contributed by atoms with Gasteiger partial charge in [0, 0.05) is 11.5 Å². The van der Waals surface area contributed by atoms with Gasteiger partial charge in [-0.15, -0.1) is 0 Å². The van der Waals surface area contributed by atoms with E-state index >= 15 is 0 Å². The van der Waals surface area contributed by atoms with Gasteiger partial charge in [0.25, 0.3) is 0 Å². The van der Waals surface area contributed by atoms with Crippen LogP contribution in [0.15, 0.2) is 48.6 Å². The molecule has 0 saturated heterocycles. The minimum Gasteiger partial charge on any atom is -0.459 e. The van der Waals surface area contributed by atoms with E-state index in [-0.39, 0.29) is 33.7 Å². The van der Waals surface area contributed by atoms with Gasteiger partial charge in [-0.05, 0) is 133 Å². The zero-order valence-corrected chi connectivity index (χ0v) is 27.1. The van der Waals surface area contributed by atoms with Crippen molar-refractivity contribution in [3.8, 4) is 0 Å². The number of carbonyl (C=O) groups is 2. The van der Waals surface area contributed by atoms with Crippen LogP contribution in [0.5, 0.6) is 0 Å². The van der Waals surface area contributed by atoms with Crippen molar-refractivity contribution in [3.63, 3.8) is 0 Å². The summed E-state index contributed by atoms with van der Waals surface area (Å²) in [6.07, 6.45) is 16.6. The maximum Gasteiger partial charge on any atom is 0.331 e. The Labute approximate surface area is 255 Å². The van der Waals surface area contributed by atoms with Crippen molar-refractivity contribution in [2.75, 3.05) is 0 Å². The Hall–Kier alpha value is -2.16. The lowest BCUT2D eigenvalue weighted by Gasteiger charge is -2.73. The van der Waals surface area contributed by atoms with E-state index in [1.165, 1.54) is 44.9 Å². The molecule has 0 heterocycles. The van der Waals surface area contributed by atoms with Crippen molar-refractivity contribution in [2.45, 2.75) is 112 Å². The van der Waals surface area contributed by atoms with Crippen LogP contribution < -0.4 is 0 Å². The molecule has 228 valence electrons. The lowest BCUT2D eigenvalue weighted by Crippen LogP contribution is -2.66. The first-order chi connectivity index (χ1) is 19.8. The molecule has 5 aliphatic carbocycles. The molecule has 0 amide bonds. The van der Waals surface area contributed by atoms with E-state index < -0.39 is 0 Å². The second-order valence-electron chi connectivity index (χ2n) is 16.7. The third-order valence-electron chi connectivity index (χ3n) is 14.9. The molecule has 1 aromatic rings. The van der Waals surface area contributed by atoms with Crippen molar-refractivity contribution in [3.05, 3.63) is 54.1 Å². The van der Waals surface area contributed by atoms with E-state index in [1.807, 2.05) is 36.4 Å². The average Bonchev–Trinajstić information content (AvgIpc) is 3.31. The summed E-state index contributed by atoms with van der Waals surface area (Å²) < 4.78 is 6.23. The van der Waals surface area contributed by atoms with Crippen LogP contribution in [0, 0.1) is 56.7 Å². The first-order valence-corrected chi connectivity index (χ1v) is 16.9. The molecule has 5 fully saturated rings. The summed E-state index contributed by atoms with van der Waals surface area (Å²) in [5, 5.41) is 0. The van der Waals surface area contributed by atoms with Gasteiger partial charge in [0.15, 0.2) is 0 Å². The van der Waals surface area contributed by atoms with E-state index in [2.05, 4.69) is 48.1 Å². The molecule has 3 heteroatoms. The molecular weight excluding hydrogens is 516 g/mol. The van der Waals surface area contributed by atoms with Crippen molar-refractivity contribution >= 4 is 18.3 Å². The lowest BCUT2D eigenvalue weighted by atomic mass is 9.32. The number of benzene rings is 1. The molecule has 5 aliphatic rings. The van der Waals surface area contributed by atoms with E-state index in [4.69, 9.17) is 4.74 Å². The topological polar surface area (TPSA) is 43.4 Å². The molecule has 5 saturated carbocycles. The zero-order chi connectivity index (χ0) is 30.1. The smallest absolute Gasteiger partial charge is 0.331 e. The molecule has 3 nitrogen and oxygen atoms in total. The minimum absolute atomic E-state index is 0.0521. The lowest BCUT2D eigenvalue weighted by molar-refractivity contribution is -0.248. The molecule has 0 aromatic heterocycles. The molecular formula is C39H54O3. The summed E-state index contributed by atoms with van der Waals surface area (Å²) >= 11 is 0. The van der Waals surface area contributed by atoms with E-state index in [0.29, 0.717) is 35.0 Å². The predicted molar refractivity (Wildman–Crippen MR) is 170 cm³/mol. The third kappa shape index (κ3) is 4.26. The number of esters is 1. The highest BCUT2D eigenvalue weighted by Crippen LogP contribution is 2.77. The second kappa shape index (κ2) is 10.2. The van der Waals surface area contributed by atoms with Gasteiger partial charge in [0.1, 0.15) is 12.4 Å². The maximum atomic E-state index is 13.0. The quantitative estimate of drug-likeness (QED) is 0.201. The van der Waals surface area contributed by atoms with E-state index in [9.17, 15) is 9.59 Å². The average molecular weight is 571 g/mol. The number of fused-ring (bicyclic) bond motifs is 7. The van der Waals surface area contributed by atoms with Gasteiger partial charge in [0.05, 0.1) is 0 Å². The van der Waals surface area contributed by atoms with Crippen LogP contribution in [0.4, 0.5) is 0 Å². The number of rotatable bonds is 5. The summed E-state index contributed by atoms with van der Waals surface area (Å²) in [5.74, 6) is 2.62. The van der Waals surface area contributed by atoms with E-state index in [0.717, 1.165) is 36.7 Å². The van der Waals surface area contributed by atoms with Crippen molar-refractivity contribution in [1.29, 1.82) is 0 Å². The van der Waals surface area contributed by atoms with Crippen LogP contribution in [-0.2, 0) is 14.3 Å². The number of aldehydes is 1. The standard InChI is InChI=1S/C39H54O3/c1-26(25-40)28-17-20-36(4)23-24-38(6)29(34(28)36)14-15-31-37(5)21-19-32(35(2,3)30(37)18-22-39(31,38)7)42-33(41)16-13-27-11-9-8-10-12-27/h8-13,16,25,28-32,34H,1,14-15,17-24H2,2-7H3/b16-13+/t28-,29+,30-,31+,32-,34+,36+,37-,38+,39+/m0/s1. The Balaban J connectivity index is 1.24. The normalized spacial score (nSPS) is 45.7. The Morgan fingerprint density at radius 1 is 0.833 bits per heavy atom. The molecule has 1 aromatic carbocycles. The van der Waals surface area contributed by atoms with Gasteiger partial charge in [-0.2, -0.15) is 0 Å². The number of hydrogen-bond donors (Lipinski definition) is 0. The number of hydrogen-bond acceptors (Lipinski definition) is 3. The largest absolute Gasteiger partial charge is 0.459 e. The Bertz CT molecular complexity index is 1260. The minimum atomic E-state index is -0.220. The van der Waals surface area contributed by atoms with Crippen LogP contribution in [-0.4, -0.2) is 18.4 Å². The summed E-state index contributed by atoms with van der Waals surface area (Å²) in [5.41, 5.74) is 2.98. The maximum absolute atomic E-state index is 13.0. The Kier molecular flexibility index (Phi) is 7.26. The Morgan fingerprint density at radius 2 is 1.57 bits per heavy atom. The zero-order valence-electron chi connectivity index (χ0n) is 27.1. The van der Waals surface area contributed by atoms with Crippen LogP contribution >= 0.6 is 0 Å². The number of carbonyl (C=O) groups excluding carboxylic acids is 2.